The molecule has 2 fully saturated rings. The molecule has 1 aromatic heterocycles. The summed E-state index contributed by atoms with van der Waals surface area (Å²) < 4.78 is 0. The number of anilines is 1. The van der Waals surface area contributed by atoms with Crippen molar-refractivity contribution in [3.63, 3.8) is 0 Å². The Balaban J connectivity index is 1.72. The Labute approximate surface area is 137 Å². The SMILES string of the molecule is Cc1cccc(NC(=O)C(=O)N2CC3(C)CC2CC(C)(C)C3)n1. The second-order valence-corrected chi connectivity index (χ2v) is 8.27. The molecule has 2 unspecified atom stereocenters. The topological polar surface area (TPSA) is 62.3 Å². The maximum Gasteiger partial charge on any atom is 0.315 e. The van der Waals surface area contributed by atoms with Crippen LogP contribution >= 0.6 is 0 Å². The predicted octanol–water partition coefficient (Wildman–Crippen LogP) is 2.76. The van der Waals surface area contributed by atoms with Crippen LogP contribution in [0.1, 0.15) is 45.7 Å². The number of likely N-dealkylation sites (tertiary alicyclic amines) is 1. The number of rotatable bonds is 1. The molecule has 5 nitrogen and oxygen atoms in total. The molecule has 0 radical (unpaired) electrons. The molecule has 1 aromatic rings. The number of amides is 2. The van der Waals surface area contributed by atoms with Crippen LogP contribution in [0.15, 0.2) is 18.2 Å². The molecule has 1 aliphatic carbocycles. The number of hydrogen-bond donors (Lipinski definition) is 1. The third kappa shape index (κ3) is 3.23. The van der Waals surface area contributed by atoms with Crippen LogP contribution in [0.5, 0.6) is 0 Å². The van der Waals surface area contributed by atoms with E-state index in [9.17, 15) is 9.59 Å². The minimum Gasteiger partial charge on any atom is -0.331 e. The standard InChI is InChI=1S/C18H25N3O2/c1-12-6-5-7-14(19-12)20-15(22)16(23)21-11-18(4)9-13(21)8-17(2,3)10-18/h5-7,13H,8-11H2,1-4H3,(H,19,20,22). The van der Waals surface area contributed by atoms with Crippen molar-refractivity contribution >= 4 is 17.6 Å². The van der Waals surface area contributed by atoms with Crippen LogP contribution in [0.4, 0.5) is 5.82 Å². The summed E-state index contributed by atoms with van der Waals surface area (Å²) in [5, 5.41) is 2.63. The van der Waals surface area contributed by atoms with E-state index < -0.39 is 11.8 Å². The first-order chi connectivity index (χ1) is 10.7. The third-order valence-electron chi connectivity index (χ3n) is 5.00. The second kappa shape index (κ2) is 5.32. The summed E-state index contributed by atoms with van der Waals surface area (Å²) in [5.74, 6) is -0.589. The van der Waals surface area contributed by atoms with E-state index in [-0.39, 0.29) is 16.9 Å². The zero-order valence-electron chi connectivity index (χ0n) is 14.3. The average molecular weight is 315 g/mol. The first kappa shape index (κ1) is 16.0. The van der Waals surface area contributed by atoms with Gasteiger partial charge in [0.2, 0.25) is 0 Å². The molecule has 2 amide bonds. The molecular weight excluding hydrogens is 290 g/mol. The summed E-state index contributed by atoms with van der Waals surface area (Å²) in [6, 6.07) is 5.54. The summed E-state index contributed by atoms with van der Waals surface area (Å²) in [5.41, 5.74) is 1.16. The van der Waals surface area contributed by atoms with Crippen LogP contribution < -0.4 is 5.32 Å². The number of hydrogen-bond acceptors (Lipinski definition) is 3. The number of aryl methyl sites for hydroxylation is 1. The van der Waals surface area contributed by atoms with Gasteiger partial charge in [0.25, 0.3) is 0 Å². The molecule has 2 heterocycles. The van der Waals surface area contributed by atoms with E-state index in [1.165, 1.54) is 0 Å². The van der Waals surface area contributed by atoms with Crippen LogP contribution in [0, 0.1) is 17.8 Å². The van der Waals surface area contributed by atoms with Crippen molar-refractivity contribution in [2.75, 3.05) is 11.9 Å². The minimum absolute atomic E-state index is 0.129. The van der Waals surface area contributed by atoms with Gasteiger partial charge < -0.3 is 10.2 Å². The Morgan fingerprint density at radius 2 is 2.00 bits per heavy atom. The Bertz CT molecular complexity index is 655. The lowest BCUT2D eigenvalue weighted by Crippen LogP contribution is -2.43. The Morgan fingerprint density at radius 3 is 2.70 bits per heavy atom. The van der Waals surface area contributed by atoms with Gasteiger partial charge in [-0.25, -0.2) is 4.98 Å². The van der Waals surface area contributed by atoms with Gasteiger partial charge in [0.15, 0.2) is 0 Å². The van der Waals surface area contributed by atoms with Gasteiger partial charge in [0, 0.05) is 18.3 Å². The molecule has 2 bridgehead atoms. The fourth-order valence-electron chi connectivity index (χ4n) is 4.61. The highest BCUT2D eigenvalue weighted by Gasteiger charge is 2.51. The smallest absolute Gasteiger partial charge is 0.315 e. The largest absolute Gasteiger partial charge is 0.331 e. The molecule has 0 aromatic carbocycles. The van der Waals surface area contributed by atoms with Crippen molar-refractivity contribution < 1.29 is 9.59 Å². The van der Waals surface area contributed by atoms with Crippen molar-refractivity contribution in [2.24, 2.45) is 10.8 Å². The van der Waals surface area contributed by atoms with Crippen LogP contribution in [0.25, 0.3) is 0 Å². The molecular formula is C18H25N3O2. The van der Waals surface area contributed by atoms with Gasteiger partial charge in [-0.3, -0.25) is 9.59 Å². The molecule has 0 spiro atoms. The predicted molar refractivity (Wildman–Crippen MR) is 88.8 cm³/mol. The molecule has 2 aliphatic rings. The first-order valence-corrected chi connectivity index (χ1v) is 8.23. The Kier molecular flexibility index (Phi) is 3.69. The molecule has 1 N–H and O–H groups in total. The third-order valence-corrected chi connectivity index (χ3v) is 5.00. The lowest BCUT2D eigenvalue weighted by molar-refractivity contribution is -0.144. The van der Waals surface area contributed by atoms with Crippen molar-refractivity contribution in [2.45, 2.75) is 53.0 Å². The number of aromatic nitrogens is 1. The van der Waals surface area contributed by atoms with E-state index in [2.05, 4.69) is 31.1 Å². The molecule has 1 saturated carbocycles. The minimum atomic E-state index is -0.586. The van der Waals surface area contributed by atoms with E-state index >= 15 is 0 Å². The Hall–Kier alpha value is -1.91. The number of carbonyl (C=O) groups is 2. The summed E-state index contributed by atoms with van der Waals surface area (Å²) in [6.07, 6.45) is 3.06. The van der Waals surface area contributed by atoms with E-state index in [0.717, 1.165) is 25.0 Å². The fraction of sp³-hybridized carbons (Fsp3) is 0.611. The van der Waals surface area contributed by atoms with Crippen LogP contribution in [0.2, 0.25) is 0 Å². The van der Waals surface area contributed by atoms with Crippen molar-refractivity contribution in [3.05, 3.63) is 23.9 Å². The zero-order chi connectivity index (χ0) is 16.8. The monoisotopic (exact) mass is 315 g/mol. The zero-order valence-corrected chi connectivity index (χ0v) is 14.3. The fourth-order valence-corrected chi connectivity index (χ4v) is 4.61. The van der Waals surface area contributed by atoms with Gasteiger partial charge in [0.1, 0.15) is 5.82 Å². The summed E-state index contributed by atoms with van der Waals surface area (Å²) in [7, 11) is 0. The maximum absolute atomic E-state index is 12.6. The molecule has 1 saturated heterocycles. The Morgan fingerprint density at radius 1 is 1.26 bits per heavy atom. The van der Waals surface area contributed by atoms with Gasteiger partial charge in [0.05, 0.1) is 0 Å². The molecule has 124 valence electrons. The first-order valence-electron chi connectivity index (χ1n) is 8.23. The number of carbonyl (C=O) groups excluding carboxylic acids is 2. The highest BCUT2D eigenvalue weighted by atomic mass is 16.2. The molecule has 2 atom stereocenters. The lowest BCUT2D eigenvalue weighted by Gasteiger charge is -2.39. The van der Waals surface area contributed by atoms with E-state index in [0.29, 0.717) is 12.4 Å². The molecule has 1 aliphatic heterocycles. The van der Waals surface area contributed by atoms with Gasteiger partial charge >= 0.3 is 11.8 Å². The van der Waals surface area contributed by atoms with Crippen molar-refractivity contribution in [1.29, 1.82) is 0 Å². The molecule has 3 rings (SSSR count). The summed E-state index contributed by atoms with van der Waals surface area (Å²) in [4.78, 5) is 30.9. The average Bonchev–Trinajstić information content (AvgIpc) is 2.67. The van der Waals surface area contributed by atoms with Gasteiger partial charge in [-0.15, -0.1) is 0 Å². The lowest BCUT2D eigenvalue weighted by atomic mass is 9.65. The van der Waals surface area contributed by atoms with Crippen LogP contribution in [0.3, 0.4) is 0 Å². The van der Waals surface area contributed by atoms with E-state index in [1.807, 2.05) is 19.1 Å². The highest BCUT2D eigenvalue weighted by molar-refractivity contribution is 6.39. The number of fused-ring (bicyclic) bond motifs is 2. The van der Waals surface area contributed by atoms with Gasteiger partial charge in [-0.05, 0) is 49.1 Å². The number of nitrogens with zero attached hydrogens (tertiary/aromatic N) is 2. The van der Waals surface area contributed by atoms with E-state index in [4.69, 9.17) is 0 Å². The van der Waals surface area contributed by atoms with Gasteiger partial charge in [-0.1, -0.05) is 26.8 Å². The normalized spacial score (nSPS) is 28.5. The number of pyridine rings is 1. The van der Waals surface area contributed by atoms with Crippen molar-refractivity contribution in [1.82, 2.24) is 9.88 Å². The summed E-state index contributed by atoms with van der Waals surface area (Å²) in [6.45, 7) is 9.26. The van der Waals surface area contributed by atoms with E-state index in [1.54, 1.807) is 11.0 Å². The van der Waals surface area contributed by atoms with Crippen LogP contribution in [-0.4, -0.2) is 34.3 Å². The molecule has 5 heteroatoms. The second-order valence-electron chi connectivity index (χ2n) is 8.27. The molecule has 23 heavy (non-hydrogen) atoms. The maximum atomic E-state index is 12.6. The summed E-state index contributed by atoms with van der Waals surface area (Å²) >= 11 is 0. The number of nitrogens with one attached hydrogen (secondary N) is 1. The highest BCUT2D eigenvalue weighted by Crippen LogP contribution is 2.52. The van der Waals surface area contributed by atoms with Gasteiger partial charge in [-0.2, -0.15) is 0 Å². The van der Waals surface area contributed by atoms with Crippen molar-refractivity contribution in [3.8, 4) is 0 Å². The quantitative estimate of drug-likeness (QED) is 0.811. The van der Waals surface area contributed by atoms with Crippen LogP contribution in [-0.2, 0) is 9.59 Å².